The zero-order chi connectivity index (χ0) is 13.3. The van der Waals surface area contributed by atoms with Crippen molar-refractivity contribution in [3.05, 3.63) is 29.3 Å². The van der Waals surface area contributed by atoms with E-state index in [2.05, 4.69) is 42.4 Å². The fourth-order valence-electron chi connectivity index (χ4n) is 3.00. The third kappa shape index (κ3) is 2.93. The minimum Gasteiger partial charge on any atom is -0.487 e. The number of nitrogens with zero attached hydrogens (tertiary/aromatic N) is 1. The normalized spacial score (nSPS) is 22.8. The first-order valence-electron chi connectivity index (χ1n) is 7.35. The van der Waals surface area contributed by atoms with Crippen LogP contribution in [0.2, 0.25) is 0 Å². The number of ether oxygens (including phenoxy) is 1. The number of hydrogen-bond donors (Lipinski definition) is 1. The van der Waals surface area contributed by atoms with E-state index in [1.54, 1.807) is 0 Å². The lowest BCUT2D eigenvalue weighted by Crippen LogP contribution is -2.44. The molecular weight excluding hydrogens is 236 g/mol. The van der Waals surface area contributed by atoms with E-state index in [9.17, 15) is 0 Å². The first-order chi connectivity index (χ1) is 9.15. The van der Waals surface area contributed by atoms with Crippen molar-refractivity contribution < 1.29 is 4.74 Å². The number of benzene rings is 1. The molecule has 104 valence electrons. The van der Waals surface area contributed by atoms with E-state index in [0.717, 1.165) is 51.2 Å². The molecular formula is C16H24N2O. The van der Waals surface area contributed by atoms with Gasteiger partial charge in [0, 0.05) is 19.6 Å². The highest BCUT2D eigenvalue weighted by Gasteiger charge is 2.30. The zero-order valence-electron chi connectivity index (χ0n) is 12.0. The predicted octanol–water partition coefficient (Wildman–Crippen LogP) is 2.20. The Kier molecular flexibility index (Phi) is 3.50. The van der Waals surface area contributed by atoms with Crippen LogP contribution >= 0.6 is 0 Å². The molecule has 0 bridgehead atoms. The Morgan fingerprint density at radius 3 is 2.79 bits per heavy atom. The molecule has 19 heavy (non-hydrogen) atoms. The van der Waals surface area contributed by atoms with E-state index < -0.39 is 0 Å². The maximum atomic E-state index is 6.30. The summed E-state index contributed by atoms with van der Waals surface area (Å²) in [5.74, 6) is 1.04. The molecule has 1 aromatic rings. The molecule has 3 heteroatoms. The molecule has 0 spiro atoms. The molecule has 1 aromatic carbocycles. The lowest BCUT2D eigenvalue weighted by molar-refractivity contribution is 0.0240. The van der Waals surface area contributed by atoms with Crippen molar-refractivity contribution >= 4 is 0 Å². The summed E-state index contributed by atoms with van der Waals surface area (Å²) >= 11 is 0. The van der Waals surface area contributed by atoms with Crippen molar-refractivity contribution in [2.45, 2.75) is 38.3 Å². The summed E-state index contributed by atoms with van der Waals surface area (Å²) in [4.78, 5) is 2.38. The van der Waals surface area contributed by atoms with Gasteiger partial charge in [-0.25, -0.2) is 0 Å². The molecule has 1 N–H and O–H groups in total. The van der Waals surface area contributed by atoms with Crippen LogP contribution in [-0.4, -0.2) is 37.2 Å². The van der Waals surface area contributed by atoms with Crippen molar-refractivity contribution in [3.63, 3.8) is 0 Å². The van der Waals surface area contributed by atoms with Crippen molar-refractivity contribution in [1.29, 1.82) is 0 Å². The summed E-state index contributed by atoms with van der Waals surface area (Å²) in [6, 6.07) is 6.61. The summed E-state index contributed by atoms with van der Waals surface area (Å²) in [5.41, 5.74) is 2.88. The molecule has 0 radical (unpaired) electrons. The molecule has 3 rings (SSSR count). The largest absolute Gasteiger partial charge is 0.487 e. The van der Waals surface area contributed by atoms with E-state index in [1.165, 1.54) is 11.1 Å². The second-order valence-electron chi connectivity index (χ2n) is 6.21. The van der Waals surface area contributed by atoms with Crippen LogP contribution in [0.1, 0.15) is 30.9 Å². The molecule has 0 aromatic heterocycles. The van der Waals surface area contributed by atoms with E-state index in [4.69, 9.17) is 4.74 Å². The zero-order valence-corrected chi connectivity index (χ0v) is 12.0. The highest BCUT2D eigenvalue weighted by atomic mass is 16.5. The van der Waals surface area contributed by atoms with Gasteiger partial charge in [0.25, 0.3) is 0 Å². The molecule has 0 saturated carbocycles. The maximum absolute atomic E-state index is 6.30. The minimum absolute atomic E-state index is 0.00282. The van der Waals surface area contributed by atoms with Crippen LogP contribution in [0.25, 0.3) is 0 Å². The summed E-state index contributed by atoms with van der Waals surface area (Å²) < 4.78 is 6.30. The average Bonchev–Trinajstić information content (AvgIpc) is 2.42. The predicted molar refractivity (Wildman–Crippen MR) is 77.6 cm³/mol. The Bertz CT molecular complexity index is 450. The van der Waals surface area contributed by atoms with Gasteiger partial charge in [-0.1, -0.05) is 6.07 Å². The van der Waals surface area contributed by atoms with Gasteiger partial charge in [-0.05, 0) is 63.0 Å². The van der Waals surface area contributed by atoms with Crippen molar-refractivity contribution in [1.82, 2.24) is 10.2 Å². The fourth-order valence-corrected chi connectivity index (χ4v) is 3.00. The third-order valence-electron chi connectivity index (χ3n) is 4.47. The first kappa shape index (κ1) is 12.9. The van der Waals surface area contributed by atoms with Gasteiger partial charge in [-0.2, -0.15) is 0 Å². The Balaban J connectivity index is 1.72. The van der Waals surface area contributed by atoms with Crippen molar-refractivity contribution in [2.24, 2.45) is 0 Å². The van der Waals surface area contributed by atoms with Gasteiger partial charge in [-0.3, -0.25) is 0 Å². The molecule has 0 atom stereocenters. The maximum Gasteiger partial charge on any atom is 0.120 e. The topological polar surface area (TPSA) is 24.5 Å². The van der Waals surface area contributed by atoms with Crippen LogP contribution in [0.3, 0.4) is 0 Å². The van der Waals surface area contributed by atoms with E-state index >= 15 is 0 Å². The first-order valence-corrected chi connectivity index (χ1v) is 7.35. The van der Waals surface area contributed by atoms with E-state index in [0.29, 0.717) is 0 Å². The average molecular weight is 260 g/mol. The lowest BCUT2D eigenvalue weighted by Gasteiger charge is -2.38. The summed E-state index contributed by atoms with van der Waals surface area (Å²) in [5, 5.41) is 3.42. The Morgan fingerprint density at radius 2 is 2.00 bits per heavy atom. The highest BCUT2D eigenvalue weighted by Crippen LogP contribution is 2.29. The van der Waals surface area contributed by atoms with Crippen LogP contribution in [-0.2, 0) is 13.0 Å². The fraction of sp³-hybridized carbons (Fsp3) is 0.625. The number of piperidine rings is 1. The third-order valence-corrected chi connectivity index (χ3v) is 4.47. The molecule has 1 fully saturated rings. The smallest absolute Gasteiger partial charge is 0.120 e. The monoisotopic (exact) mass is 260 g/mol. The van der Waals surface area contributed by atoms with Crippen molar-refractivity contribution in [2.75, 3.05) is 26.7 Å². The van der Waals surface area contributed by atoms with E-state index in [-0.39, 0.29) is 5.60 Å². The second kappa shape index (κ2) is 5.14. The number of hydrogen-bond acceptors (Lipinski definition) is 3. The van der Waals surface area contributed by atoms with E-state index in [1.807, 2.05) is 0 Å². The number of nitrogens with one attached hydrogen (secondary N) is 1. The molecule has 0 amide bonds. The van der Waals surface area contributed by atoms with Gasteiger partial charge >= 0.3 is 0 Å². The van der Waals surface area contributed by atoms with Gasteiger partial charge in [0.15, 0.2) is 0 Å². The van der Waals surface area contributed by atoms with Crippen LogP contribution in [0.4, 0.5) is 0 Å². The molecule has 3 nitrogen and oxygen atoms in total. The summed E-state index contributed by atoms with van der Waals surface area (Å²) in [7, 11) is 2.18. The summed E-state index contributed by atoms with van der Waals surface area (Å²) in [6.07, 6.45) is 3.36. The van der Waals surface area contributed by atoms with Crippen molar-refractivity contribution in [3.8, 4) is 5.75 Å². The number of likely N-dealkylation sites (tertiary alicyclic amines) is 1. The molecule has 2 aliphatic rings. The Morgan fingerprint density at radius 1 is 1.21 bits per heavy atom. The molecule has 0 aliphatic carbocycles. The SMILES string of the molecule is CN1CCC(C)(Oc2ccc3c(c2)CNCC3)CC1. The number of rotatable bonds is 2. The van der Waals surface area contributed by atoms with Gasteiger partial charge in [0.2, 0.25) is 0 Å². The van der Waals surface area contributed by atoms with Gasteiger partial charge in [0.05, 0.1) is 0 Å². The highest BCUT2D eigenvalue weighted by molar-refractivity contribution is 5.37. The minimum atomic E-state index is 0.00282. The van der Waals surface area contributed by atoms with Gasteiger partial charge < -0.3 is 15.0 Å². The number of fused-ring (bicyclic) bond motifs is 1. The van der Waals surface area contributed by atoms with Gasteiger partial charge in [-0.15, -0.1) is 0 Å². The standard InChI is InChI=1S/C16H24N2O/c1-16(6-9-18(2)10-7-16)19-15-4-3-13-5-8-17-12-14(13)11-15/h3-4,11,17H,5-10,12H2,1-2H3. The van der Waals surface area contributed by atoms with Crippen LogP contribution < -0.4 is 10.1 Å². The molecule has 2 heterocycles. The van der Waals surface area contributed by atoms with Crippen LogP contribution in [0, 0.1) is 0 Å². The second-order valence-corrected chi connectivity index (χ2v) is 6.21. The summed E-state index contributed by atoms with van der Waals surface area (Å²) in [6.45, 7) is 6.58. The van der Waals surface area contributed by atoms with Crippen LogP contribution in [0.15, 0.2) is 18.2 Å². The molecule has 2 aliphatic heterocycles. The Hall–Kier alpha value is -1.06. The Labute approximate surface area is 115 Å². The quantitative estimate of drug-likeness (QED) is 0.882. The molecule has 1 saturated heterocycles. The lowest BCUT2D eigenvalue weighted by atomic mass is 9.93. The van der Waals surface area contributed by atoms with Gasteiger partial charge in [0.1, 0.15) is 11.4 Å². The molecule has 0 unspecified atom stereocenters. The van der Waals surface area contributed by atoms with Crippen LogP contribution in [0.5, 0.6) is 5.75 Å².